The number of nitrogens with one attached hydrogen (secondary N) is 1. The molecule has 6 nitrogen and oxygen atoms in total. The number of rotatable bonds is 3. The van der Waals surface area contributed by atoms with Gasteiger partial charge in [-0.3, -0.25) is 4.79 Å². The van der Waals surface area contributed by atoms with Crippen molar-refractivity contribution in [3.05, 3.63) is 41.6 Å². The molecule has 122 valence electrons. The van der Waals surface area contributed by atoms with E-state index in [-0.39, 0.29) is 22.8 Å². The van der Waals surface area contributed by atoms with Gasteiger partial charge in [0.1, 0.15) is 5.82 Å². The zero-order chi connectivity index (χ0) is 16.8. The van der Waals surface area contributed by atoms with Crippen LogP contribution in [0.25, 0.3) is 0 Å². The van der Waals surface area contributed by atoms with Gasteiger partial charge in [0, 0.05) is 30.2 Å². The Hall–Kier alpha value is -2.15. The Morgan fingerprint density at radius 1 is 1.26 bits per heavy atom. The Bertz CT molecular complexity index is 851. The highest BCUT2D eigenvalue weighted by Gasteiger charge is 2.30. The Labute approximate surface area is 135 Å². The Kier molecular flexibility index (Phi) is 3.75. The van der Waals surface area contributed by atoms with E-state index in [1.165, 1.54) is 6.26 Å². The average Bonchev–Trinajstić information content (AvgIpc) is 2.89. The van der Waals surface area contributed by atoms with E-state index in [1.807, 2.05) is 13.8 Å². The van der Waals surface area contributed by atoms with Crippen molar-refractivity contribution < 1.29 is 13.2 Å². The summed E-state index contributed by atoms with van der Waals surface area (Å²) in [7, 11) is -3.22. The van der Waals surface area contributed by atoms with Crippen LogP contribution >= 0.6 is 0 Å². The molecule has 23 heavy (non-hydrogen) atoms. The zero-order valence-corrected chi connectivity index (χ0v) is 14.1. The standard InChI is InChI=1S/C16H19N3O3S/c1-10(2)19-16-14(9-17-19)13(8-15(20)18-16)11-4-6-12(7-5-11)23(3,21)22/h4-7,9-10,13H,8H2,1-3H3,(H,18,20). The number of carbonyl (C=O) groups is 1. The molecule has 1 amide bonds. The summed E-state index contributed by atoms with van der Waals surface area (Å²) < 4.78 is 24.9. The number of carbonyl (C=O) groups excluding carboxylic acids is 1. The van der Waals surface area contributed by atoms with Gasteiger partial charge < -0.3 is 5.32 Å². The maximum absolute atomic E-state index is 12.1. The van der Waals surface area contributed by atoms with Gasteiger partial charge in [-0.2, -0.15) is 5.10 Å². The minimum atomic E-state index is -3.22. The molecule has 1 N–H and O–H groups in total. The summed E-state index contributed by atoms with van der Waals surface area (Å²) in [6.45, 7) is 4.01. The van der Waals surface area contributed by atoms with Gasteiger partial charge in [-0.1, -0.05) is 12.1 Å². The fourth-order valence-electron chi connectivity index (χ4n) is 2.87. The normalized spacial score (nSPS) is 17.9. The number of sulfone groups is 1. The lowest BCUT2D eigenvalue weighted by molar-refractivity contribution is -0.116. The molecule has 0 saturated heterocycles. The molecule has 0 saturated carbocycles. The quantitative estimate of drug-likeness (QED) is 0.935. The predicted molar refractivity (Wildman–Crippen MR) is 87.3 cm³/mol. The number of anilines is 1. The topological polar surface area (TPSA) is 81.1 Å². The molecule has 2 aromatic rings. The van der Waals surface area contributed by atoms with Crippen molar-refractivity contribution in [1.29, 1.82) is 0 Å². The van der Waals surface area contributed by atoms with Gasteiger partial charge in [-0.05, 0) is 31.5 Å². The highest BCUT2D eigenvalue weighted by molar-refractivity contribution is 7.90. The molecule has 3 rings (SSSR count). The number of fused-ring (bicyclic) bond motifs is 1. The molecule has 0 bridgehead atoms. The van der Waals surface area contributed by atoms with Crippen LogP contribution in [-0.4, -0.2) is 30.4 Å². The molecule has 0 radical (unpaired) electrons. The largest absolute Gasteiger partial charge is 0.311 e. The predicted octanol–water partition coefficient (Wildman–Crippen LogP) is 2.34. The lowest BCUT2D eigenvalue weighted by Crippen LogP contribution is -2.25. The highest BCUT2D eigenvalue weighted by Crippen LogP contribution is 2.38. The summed E-state index contributed by atoms with van der Waals surface area (Å²) in [5.41, 5.74) is 1.88. The smallest absolute Gasteiger partial charge is 0.226 e. The van der Waals surface area contributed by atoms with Crippen molar-refractivity contribution in [2.24, 2.45) is 0 Å². The van der Waals surface area contributed by atoms with E-state index in [0.717, 1.165) is 16.9 Å². The molecule has 0 fully saturated rings. The molecule has 7 heteroatoms. The van der Waals surface area contributed by atoms with Crippen LogP contribution in [0.5, 0.6) is 0 Å². The van der Waals surface area contributed by atoms with Gasteiger partial charge in [0.15, 0.2) is 9.84 Å². The van der Waals surface area contributed by atoms with E-state index in [2.05, 4.69) is 10.4 Å². The first-order valence-corrected chi connectivity index (χ1v) is 9.34. The second-order valence-electron chi connectivity index (χ2n) is 6.13. The third-order valence-electron chi connectivity index (χ3n) is 4.05. The van der Waals surface area contributed by atoms with Crippen LogP contribution in [0.1, 0.15) is 43.4 Å². The van der Waals surface area contributed by atoms with Crippen molar-refractivity contribution in [2.75, 3.05) is 11.6 Å². The summed E-state index contributed by atoms with van der Waals surface area (Å²) in [4.78, 5) is 12.3. The maximum Gasteiger partial charge on any atom is 0.226 e. The third kappa shape index (κ3) is 2.88. The third-order valence-corrected chi connectivity index (χ3v) is 5.17. The number of benzene rings is 1. The molecule has 0 aliphatic carbocycles. The van der Waals surface area contributed by atoms with Crippen molar-refractivity contribution in [3.63, 3.8) is 0 Å². The van der Waals surface area contributed by atoms with Gasteiger partial charge in [0.2, 0.25) is 5.91 Å². The fourth-order valence-corrected chi connectivity index (χ4v) is 3.51. The van der Waals surface area contributed by atoms with Crippen molar-refractivity contribution >= 4 is 21.6 Å². The van der Waals surface area contributed by atoms with E-state index in [0.29, 0.717) is 6.42 Å². The summed E-state index contributed by atoms with van der Waals surface area (Å²) in [5.74, 6) is 0.561. The van der Waals surface area contributed by atoms with Crippen LogP contribution in [0.4, 0.5) is 5.82 Å². The summed E-state index contributed by atoms with van der Waals surface area (Å²) >= 11 is 0. The molecule has 2 heterocycles. The van der Waals surface area contributed by atoms with Crippen molar-refractivity contribution in [2.45, 2.75) is 37.1 Å². The minimum Gasteiger partial charge on any atom is -0.311 e. The molecule has 1 atom stereocenters. The summed E-state index contributed by atoms with van der Waals surface area (Å²) in [5, 5.41) is 7.26. The molecule has 1 aromatic heterocycles. The van der Waals surface area contributed by atoms with Crippen LogP contribution in [-0.2, 0) is 14.6 Å². The molecule has 0 spiro atoms. The number of nitrogens with zero attached hydrogens (tertiary/aromatic N) is 2. The Morgan fingerprint density at radius 3 is 2.48 bits per heavy atom. The van der Waals surface area contributed by atoms with E-state index in [1.54, 1.807) is 35.1 Å². The monoisotopic (exact) mass is 333 g/mol. The van der Waals surface area contributed by atoms with Crippen LogP contribution in [0.3, 0.4) is 0 Å². The zero-order valence-electron chi connectivity index (χ0n) is 13.3. The number of aromatic nitrogens is 2. The van der Waals surface area contributed by atoms with Crippen LogP contribution in [0, 0.1) is 0 Å². The number of amides is 1. The van der Waals surface area contributed by atoms with Crippen LogP contribution in [0.15, 0.2) is 35.4 Å². The molecule has 1 aliphatic heterocycles. The SMILES string of the molecule is CC(C)n1ncc2c1NC(=O)CC2c1ccc(S(C)(=O)=O)cc1. The van der Waals surface area contributed by atoms with E-state index < -0.39 is 9.84 Å². The van der Waals surface area contributed by atoms with Crippen LogP contribution < -0.4 is 5.32 Å². The second kappa shape index (κ2) is 5.49. The van der Waals surface area contributed by atoms with E-state index >= 15 is 0 Å². The molecule has 1 aliphatic rings. The van der Waals surface area contributed by atoms with Gasteiger partial charge in [0.05, 0.1) is 11.1 Å². The molecular weight excluding hydrogens is 314 g/mol. The molecular formula is C16H19N3O3S. The van der Waals surface area contributed by atoms with Gasteiger partial charge in [-0.15, -0.1) is 0 Å². The Balaban J connectivity index is 2.03. The van der Waals surface area contributed by atoms with E-state index in [4.69, 9.17) is 0 Å². The van der Waals surface area contributed by atoms with Gasteiger partial charge in [-0.25, -0.2) is 13.1 Å². The summed E-state index contributed by atoms with van der Waals surface area (Å²) in [6.07, 6.45) is 3.29. The van der Waals surface area contributed by atoms with E-state index in [9.17, 15) is 13.2 Å². The van der Waals surface area contributed by atoms with Crippen molar-refractivity contribution in [1.82, 2.24) is 9.78 Å². The molecule has 1 aromatic carbocycles. The first kappa shape index (κ1) is 15.7. The number of hydrogen-bond acceptors (Lipinski definition) is 4. The van der Waals surface area contributed by atoms with Gasteiger partial charge >= 0.3 is 0 Å². The first-order valence-electron chi connectivity index (χ1n) is 7.44. The lowest BCUT2D eigenvalue weighted by Gasteiger charge is -2.24. The fraction of sp³-hybridized carbons (Fsp3) is 0.375. The summed E-state index contributed by atoms with van der Waals surface area (Å²) in [6, 6.07) is 6.87. The highest BCUT2D eigenvalue weighted by atomic mass is 32.2. The minimum absolute atomic E-state index is 0.0583. The average molecular weight is 333 g/mol. The number of hydrogen-bond donors (Lipinski definition) is 1. The van der Waals surface area contributed by atoms with Gasteiger partial charge in [0.25, 0.3) is 0 Å². The Morgan fingerprint density at radius 2 is 1.91 bits per heavy atom. The first-order chi connectivity index (χ1) is 10.8. The molecule has 1 unspecified atom stereocenters. The second-order valence-corrected chi connectivity index (χ2v) is 8.15. The van der Waals surface area contributed by atoms with Crippen molar-refractivity contribution in [3.8, 4) is 0 Å². The lowest BCUT2D eigenvalue weighted by atomic mass is 9.87. The maximum atomic E-state index is 12.1. The van der Waals surface area contributed by atoms with Crippen LogP contribution in [0.2, 0.25) is 0 Å².